The molecule has 0 amide bonds. The van der Waals surface area contributed by atoms with Crippen LogP contribution in [0.15, 0.2) is 98.1 Å². The smallest absolute Gasteiger partial charge is 0.153 e. The first kappa shape index (κ1) is 33.0. The molecule has 0 unspecified atom stereocenters. The van der Waals surface area contributed by atoms with Gasteiger partial charge in [-0.2, -0.15) is 0 Å². The SMILES string of the molecule is C=Cc1ccc(COc2ccc(C=O)c(O)c2)cc1.C=Cc1ccc(COc2ccc(C=O)c(O)c2)cc1.NCCN. The van der Waals surface area contributed by atoms with Gasteiger partial charge in [0, 0.05) is 25.2 Å². The maximum Gasteiger partial charge on any atom is 0.153 e. The Kier molecular flexibility index (Phi) is 14.3. The summed E-state index contributed by atoms with van der Waals surface area (Å²) < 4.78 is 11.1. The van der Waals surface area contributed by atoms with Crippen molar-refractivity contribution in [3.05, 3.63) is 131 Å². The number of hydrogen-bond donors (Lipinski definition) is 4. The first-order valence-corrected chi connectivity index (χ1v) is 13.0. The lowest BCUT2D eigenvalue weighted by atomic mass is 10.1. The highest BCUT2D eigenvalue weighted by atomic mass is 16.5. The molecular weight excluding hydrogens is 532 g/mol. The van der Waals surface area contributed by atoms with Crippen LogP contribution in [0.4, 0.5) is 0 Å². The summed E-state index contributed by atoms with van der Waals surface area (Å²) in [5.74, 6) is 0.899. The number of nitrogens with two attached hydrogens (primary N) is 2. The lowest BCUT2D eigenvalue weighted by molar-refractivity contribution is 0.111. The summed E-state index contributed by atoms with van der Waals surface area (Å²) in [6.45, 7) is 9.38. The van der Waals surface area contributed by atoms with Crippen LogP contribution in [0, 0.1) is 0 Å². The zero-order valence-electron chi connectivity index (χ0n) is 23.3. The second kappa shape index (κ2) is 18.2. The van der Waals surface area contributed by atoms with E-state index in [1.54, 1.807) is 24.3 Å². The molecular formula is C34H36N2O6. The molecule has 0 radical (unpaired) electrons. The van der Waals surface area contributed by atoms with Crippen molar-refractivity contribution in [1.82, 2.24) is 0 Å². The molecule has 0 atom stereocenters. The fourth-order valence-corrected chi connectivity index (χ4v) is 3.26. The van der Waals surface area contributed by atoms with Crippen molar-refractivity contribution in [2.24, 2.45) is 11.5 Å². The minimum absolute atomic E-state index is 0.0745. The normalized spacial score (nSPS) is 9.67. The molecule has 8 nitrogen and oxygen atoms in total. The lowest BCUT2D eigenvalue weighted by Gasteiger charge is -2.07. The molecule has 4 aromatic rings. The van der Waals surface area contributed by atoms with Gasteiger partial charge in [0.1, 0.15) is 36.2 Å². The molecule has 4 aromatic carbocycles. The largest absolute Gasteiger partial charge is 0.507 e. The van der Waals surface area contributed by atoms with E-state index in [9.17, 15) is 19.8 Å². The first-order valence-electron chi connectivity index (χ1n) is 13.0. The molecule has 0 spiro atoms. The highest BCUT2D eigenvalue weighted by Gasteiger charge is 2.04. The number of carbonyl (C=O) groups is 2. The van der Waals surface area contributed by atoms with Crippen molar-refractivity contribution >= 4 is 24.7 Å². The van der Waals surface area contributed by atoms with E-state index in [0.717, 1.165) is 22.3 Å². The number of aromatic hydroxyl groups is 2. The third-order valence-electron chi connectivity index (χ3n) is 5.67. The zero-order valence-corrected chi connectivity index (χ0v) is 23.3. The van der Waals surface area contributed by atoms with Gasteiger partial charge in [-0.3, -0.25) is 9.59 Å². The summed E-state index contributed by atoms with van der Waals surface area (Å²) in [4.78, 5) is 21.1. The minimum atomic E-state index is -0.0745. The van der Waals surface area contributed by atoms with Crippen LogP contribution < -0.4 is 20.9 Å². The number of benzene rings is 4. The van der Waals surface area contributed by atoms with E-state index < -0.39 is 0 Å². The van der Waals surface area contributed by atoms with Crippen LogP contribution in [-0.2, 0) is 13.2 Å². The lowest BCUT2D eigenvalue weighted by Crippen LogP contribution is -2.11. The molecule has 0 aromatic heterocycles. The van der Waals surface area contributed by atoms with Crippen LogP contribution in [0.25, 0.3) is 12.2 Å². The Morgan fingerprint density at radius 1 is 0.595 bits per heavy atom. The van der Waals surface area contributed by atoms with Gasteiger partial charge >= 0.3 is 0 Å². The van der Waals surface area contributed by atoms with Crippen LogP contribution >= 0.6 is 0 Å². The standard InChI is InChI=1S/2C16H14O3.C2H8N2/c2*1-2-12-3-5-13(6-4-12)11-19-15-8-7-14(10-17)16(18)9-15;3-1-2-4/h2*2-10,18H,1,11H2;1-4H2. The third kappa shape index (κ3) is 11.1. The maximum atomic E-state index is 10.6. The number of phenolic OH excluding ortho intramolecular Hbond substituents is 2. The summed E-state index contributed by atoms with van der Waals surface area (Å²) in [5.41, 5.74) is 14.5. The molecule has 218 valence electrons. The van der Waals surface area contributed by atoms with Crippen LogP contribution in [0.5, 0.6) is 23.0 Å². The van der Waals surface area contributed by atoms with E-state index in [-0.39, 0.29) is 22.6 Å². The molecule has 0 aliphatic carbocycles. The molecule has 0 saturated carbocycles. The highest BCUT2D eigenvalue weighted by Crippen LogP contribution is 2.24. The van der Waals surface area contributed by atoms with Gasteiger partial charge in [-0.15, -0.1) is 0 Å². The summed E-state index contributed by atoms with van der Waals surface area (Å²) in [7, 11) is 0. The number of ether oxygens (including phenoxy) is 2. The van der Waals surface area contributed by atoms with Gasteiger partial charge in [0.15, 0.2) is 12.6 Å². The first-order chi connectivity index (χ1) is 20.4. The van der Waals surface area contributed by atoms with Crippen molar-refractivity contribution in [2.75, 3.05) is 13.1 Å². The minimum Gasteiger partial charge on any atom is -0.507 e. The predicted molar refractivity (Wildman–Crippen MR) is 167 cm³/mol. The van der Waals surface area contributed by atoms with Crippen molar-refractivity contribution in [3.63, 3.8) is 0 Å². The van der Waals surface area contributed by atoms with Gasteiger partial charge in [-0.05, 0) is 46.5 Å². The summed E-state index contributed by atoms with van der Waals surface area (Å²) in [5, 5.41) is 19.1. The molecule has 6 N–H and O–H groups in total. The zero-order chi connectivity index (χ0) is 30.7. The Morgan fingerprint density at radius 2 is 0.952 bits per heavy atom. The van der Waals surface area contributed by atoms with Crippen LogP contribution in [0.2, 0.25) is 0 Å². The van der Waals surface area contributed by atoms with Gasteiger partial charge in [0.25, 0.3) is 0 Å². The Bertz CT molecular complexity index is 1320. The van der Waals surface area contributed by atoms with Gasteiger partial charge in [0.2, 0.25) is 0 Å². The summed E-state index contributed by atoms with van der Waals surface area (Å²) in [6, 6.07) is 24.9. The van der Waals surface area contributed by atoms with Gasteiger partial charge in [0.05, 0.1) is 11.1 Å². The summed E-state index contributed by atoms with van der Waals surface area (Å²) >= 11 is 0. The van der Waals surface area contributed by atoms with Crippen LogP contribution in [0.1, 0.15) is 43.0 Å². The fraction of sp³-hybridized carbons (Fsp3) is 0.118. The topological polar surface area (TPSA) is 145 Å². The van der Waals surface area contributed by atoms with Crippen molar-refractivity contribution < 1.29 is 29.3 Å². The molecule has 8 heteroatoms. The molecule has 0 bridgehead atoms. The molecule has 0 aliphatic heterocycles. The van der Waals surface area contributed by atoms with Gasteiger partial charge < -0.3 is 31.2 Å². The van der Waals surface area contributed by atoms with E-state index in [2.05, 4.69) is 13.2 Å². The molecule has 0 saturated heterocycles. The van der Waals surface area contributed by atoms with Crippen molar-refractivity contribution in [3.8, 4) is 23.0 Å². The highest BCUT2D eigenvalue weighted by molar-refractivity contribution is 5.80. The maximum absolute atomic E-state index is 10.6. The average molecular weight is 569 g/mol. The Labute approximate surface area is 246 Å². The molecule has 0 aliphatic rings. The van der Waals surface area contributed by atoms with Crippen molar-refractivity contribution in [2.45, 2.75) is 13.2 Å². The van der Waals surface area contributed by atoms with Crippen molar-refractivity contribution in [1.29, 1.82) is 0 Å². The number of carbonyl (C=O) groups excluding carboxylic acids is 2. The molecule has 4 rings (SSSR count). The molecule has 0 heterocycles. The number of hydrogen-bond acceptors (Lipinski definition) is 8. The monoisotopic (exact) mass is 568 g/mol. The van der Waals surface area contributed by atoms with E-state index in [1.165, 1.54) is 24.3 Å². The second-order valence-electron chi connectivity index (χ2n) is 8.72. The second-order valence-corrected chi connectivity index (χ2v) is 8.72. The Balaban J connectivity index is 0.000000261. The van der Waals surface area contributed by atoms with Crippen LogP contribution in [-0.4, -0.2) is 35.9 Å². The fourth-order valence-electron chi connectivity index (χ4n) is 3.26. The number of phenols is 2. The molecule has 42 heavy (non-hydrogen) atoms. The van der Waals surface area contributed by atoms with Gasteiger partial charge in [-0.25, -0.2) is 0 Å². The number of rotatable bonds is 11. The van der Waals surface area contributed by atoms with E-state index in [4.69, 9.17) is 20.9 Å². The van der Waals surface area contributed by atoms with E-state index >= 15 is 0 Å². The Hall–Kier alpha value is -5.18. The quantitative estimate of drug-likeness (QED) is 0.167. The summed E-state index contributed by atoms with van der Waals surface area (Å²) in [6.07, 6.45) is 4.77. The van der Waals surface area contributed by atoms with Gasteiger partial charge in [-0.1, -0.05) is 73.8 Å². The number of aldehydes is 2. The Morgan fingerprint density at radius 3 is 1.21 bits per heavy atom. The predicted octanol–water partition coefficient (Wildman–Crippen LogP) is 5.76. The molecule has 0 fully saturated rings. The van der Waals surface area contributed by atoms with E-state index in [1.807, 2.05) is 48.5 Å². The third-order valence-corrected chi connectivity index (χ3v) is 5.67. The average Bonchev–Trinajstić information content (AvgIpc) is 3.03. The van der Waals surface area contributed by atoms with Crippen LogP contribution in [0.3, 0.4) is 0 Å². The van der Waals surface area contributed by atoms with E-state index in [0.29, 0.717) is 50.4 Å².